The van der Waals surface area contributed by atoms with Gasteiger partial charge in [0.15, 0.2) is 11.5 Å². The van der Waals surface area contributed by atoms with Gasteiger partial charge in [0.05, 0.1) is 14.2 Å². The van der Waals surface area contributed by atoms with E-state index in [2.05, 4.69) is 0 Å². The SMILES string of the molecule is [2H]C1([2H])C(=O)[C@@]([2H])(CC(C)(C)C)CN2[C@@H]1c1cc(OC)c(OC)cc1C([2H])([2H])C2([2H])[2H]. The van der Waals surface area contributed by atoms with Gasteiger partial charge in [-0.2, -0.15) is 0 Å². The zero-order valence-electron chi connectivity index (χ0n) is 21.8. The third-order valence-corrected chi connectivity index (χ3v) is 4.19. The Morgan fingerprint density at radius 3 is 2.58 bits per heavy atom. The van der Waals surface area contributed by atoms with Crippen molar-refractivity contribution in [3.8, 4) is 11.5 Å². The van der Waals surface area contributed by atoms with Gasteiger partial charge in [-0.3, -0.25) is 9.69 Å². The van der Waals surface area contributed by atoms with Crippen molar-refractivity contribution in [3.05, 3.63) is 23.3 Å². The van der Waals surface area contributed by atoms with Crippen LogP contribution in [0.15, 0.2) is 12.1 Å². The fourth-order valence-corrected chi connectivity index (χ4v) is 3.16. The zero-order chi connectivity index (χ0) is 23.8. The lowest BCUT2D eigenvalue weighted by Gasteiger charge is -2.44. The lowest BCUT2D eigenvalue weighted by atomic mass is 9.76. The molecule has 1 fully saturated rings. The van der Waals surface area contributed by atoms with E-state index in [1.54, 1.807) is 0 Å². The van der Waals surface area contributed by atoms with E-state index in [1.165, 1.54) is 26.4 Å². The molecule has 2 aliphatic rings. The molecule has 0 spiro atoms. The van der Waals surface area contributed by atoms with Crippen LogP contribution in [-0.2, 0) is 11.2 Å². The number of hydrogen-bond donors (Lipinski definition) is 0. The Bertz CT molecular complexity index is 913. The molecule has 0 N–H and O–H groups in total. The smallest absolute Gasteiger partial charge is 0.161 e. The number of methoxy groups -OCH3 is 2. The average molecular weight is 338 g/mol. The van der Waals surface area contributed by atoms with Crippen molar-refractivity contribution >= 4 is 5.78 Å². The Balaban J connectivity index is 2.30. The molecule has 2 heterocycles. The topological polar surface area (TPSA) is 38.8 Å². The maximum Gasteiger partial charge on any atom is 0.161 e. The van der Waals surface area contributed by atoms with Gasteiger partial charge < -0.3 is 9.47 Å². The molecule has 132 valence electrons. The molecule has 1 aromatic carbocycles. The maximum atomic E-state index is 13.3. The summed E-state index contributed by atoms with van der Waals surface area (Å²) in [5, 5.41) is 0. The predicted octanol–water partition coefficient (Wildman–Crippen LogP) is 3.63. The van der Waals surface area contributed by atoms with Crippen molar-refractivity contribution < 1.29 is 23.9 Å². The summed E-state index contributed by atoms with van der Waals surface area (Å²) in [7, 11) is 2.76. The fourth-order valence-electron chi connectivity index (χ4n) is 3.16. The number of rotatable bonds is 3. The standard InChI is InChI=1S/C20H29NO3/c1-20(2,3)11-14-12-21-7-6-13-8-18(23-4)19(24-5)9-15(13)16(21)10-17(14)22/h8-9,14,16H,6-7,10-12H2,1-5H3/t14-,16-/m0/s1/i6D2,7D2,10D2,14D. The first-order valence-electron chi connectivity index (χ1n) is 11.5. The minimum Gasteiger partial charge on any atom is -0.493 e. The van der Waals surface area contributed by atoms with Gasteiger partial charge in [-0.05, 0) is 41.5 Å². The van der Waals surface area contributed by atoms with Crippen LogP contribution in [-0.4, -0.2) is 37.9 Å². The minimum absolute atomic E-state index is 0.0133. The Hall–Kier alpha value is -1.55. The van der Waals surface area contributed by atoms with Crippen molar-refractivity contribution in [3.63, 3.8) is 0 Å². The van der Waals surface area contributed by atoms with Crippen LogP contribution in [0.1, 0.15) is 60.3 Å². The number of piperidine rings is 1. The first-order chi connectivity index (χ1) is 13.9. The molecular weight excluding hydrogens is 302 g/mol. The van der Waals surface area contributed by atoms with Crippen molar-refractivity contribution in [1.82, 2.24) is 4.90 Å². The molecule has 0 saturated carbocycles. The summed E-state index contributed by atoms with van der Waals surface area (Å²) in [6.07, 6.45) is -5.17. The van der Waals surface area contributed by atoms with E-state index in [9.17, 15) is 4.79 Å². The number of carbonyl (C=O) groups is 1. The molecule has 0 amide bonds. The Kier molecular flexibility index (Phi) is 2.78. The second-order valence-corrected chi connectivity index (χ2v) is 7.38. The summed E-state index contributed by atoms with van der Waals surface area (Å²) in [6, 6.07) is 1.30. The lowest BCUT2D eigenvalue weighted by Crippen LogP contribution is -2.47. The lowest BCUT2D eigenvalue weighted by molar-refractivity contribution is -0.130. The summed E-state index contributed by atoms with van der Waals surface area (Å²) in [5.41, 5.74) is -0.466. The van der Waals surface area contributed by atoms with Crippen molar-refractivity contribution in [1.29, 1.82) is 0 Å². The summed E-state index contributed by atoms with van der Waals surface area (Å²) in [4.78, 5) is 14.3. The van der Waals surface area contributed by atoms with E-state index in [1.807, 2.05) is 20.8 Å². The Morgan fingerprint density at radius 1 is 1.29 bits per heavy atom. The molecule has 4 nitrogen and oxygen atoms in total. The van der Waals surface area contributed by atoms with Crippen molar-refractivity contribution in [2.24, 2.45) is 11.3 Å². The van der Waals surface area contributed by atoms with Crippen LogP contribution in [0.5, 0.6) is 11.5 Å². The van der Waals surface area contributed by atoms with E-state index >= 15 is 0 Å². The van der Waals surface area contributed by atoms with Gasteiger partial charge in [-0.1, -0.05) is 20.8 Å². The second-order valence-electron chi connectivity index (χ2n) is 7.38. The highest BCUT2D eigenvalue weighted by Crippen LogP contribution is 2.43. The molecule has 4 heteroatoms. The van der Waals surface area contributed by atoms with Crippen LogP contribution in [0.4, 0.5) is 0 Å². The molecule has 2 aliphatic heterocycles. The molecule has 24 heavy (non-hydrogen) atoms. The van der Waals surface area contributed by atoms with E-state index < -0.39 is 48.9 Å². The average Bonchev–Trinajstić information content (AvgIpc) is 2.62. The molecule has 2 atom stereocenters. The number of aryl methyl sites for hydroxylation is 1. The van der Waals surface area contributed by atoms with E-state index in [0.717, 1.165) is 4.90 Å². The van der Waals surface area contributed by atoms with Gasteiger partial charge in [-0.25, -0.2) is 0 Å². The second kappa shape index (κ2) is 6.40. The molecule has 0 bridgehead atoms. The molecule has 0 unspecified atom stereocenters. The Labute approximate surface area is 155 Å². The summed E-state index contributed by atoms with van der Waals surface area (Å²) >= 11 is 0. The summed E-state index contributed by atoms with van der Waals surface area (Å²) < 4.78 is 71.2. The quantitative estimate of drug-likeness (QED) is 0.844. The van der Waals surface area contributed by atoms with E-state index in [-0.39, 0.29) is 29.0 Å². The number of hydrogen-bond acceptors (Lipinski definition) is 4. The zero-order valence-corrected chi connectivity index (χ0v) is 14.8. The van der Waals surface area contributed by atoms with Crippen LogP contribution in [0.25, 0.3) is 0 Å². The van der Waals surface area contributed by atoms with Gasteiger partial charge in [-0.15, -0.1) is 0 Å². The third-order valence-electron chi connectivity index (χ3n) is 4.19. The first-order valence-corrected chi connectivity index (χ1v) is 8.02. The van der Waals surface area contributed by atoms with E-state index in [0.29, 0.717) is 0 Å². The number of fused-ring (bicyclic) bond motifs is 3. The highest BCUT2D eigenvalue weighted by Gasteiger charge is 2.39. The Morgan fingerprint density at radius 2 is 1.96 bits per heavy atom. The minimum atomic E-state index is -2.68. The number of Topliss-reactive ketones (excluding diaryl/α,β-unsaturated/α-hetero) is 1. The number of carbonyl (C=O) groups excluding carboxylic acids is 1. The molecule has 1 aromatic rings. The molecule has 0 aromatic heterocycles. The highest BCUT2D eigenvalue weighted by atomic mass is 16.5. The monoisotopic (exact) mass is 338 g/mol. The number of ether oxygens (including phenoxy) is 2. The molecular formula is C20H29NO3. The van der Waals surface area contributed by atoms with Crippen LogP contribution in [0, 0.1) is 11.3 Å². The largest absolute Gasteiger partial charge is 0.493 e. The van der Waals surface area contributed by atoms with Crippen LogP contribution < -0.4 is 9.47 Å². The molecule has 0 aliphatic carbocycles. The number of nitrogens with zero attached hydrogens (tertiary/aromatic N) is 1. The predicted molar refractivity (Wildman–Crippen MR) is 94.8 cm³/mol. The van der Waals surface area contributed by atoms with Gasteiger partial charge >= 0.3 is 0 Å². The molecule has 1 saturated heterocycles. The first kappa shape index (κ1) is 10.4. The summed E-state index contributed by atoms with van der Waals surface area (Å²) in [5.74, 6) is -2.44. The molecule has 3 rings (SSSR count). The highest BCUT2D eigenvalue weighted by molar-refractivity contribution is 5.83. The van der Waals surface area contributed by atoms with Gasteiger partial charge in [0.1, 0.15) is 5.78 Å². The number of ketones is 1. The normalized spacial score (nSPS) is 38.0. The summed E-state index contributed by atoms with van der Waals surface area (Å²) in [6.45, 7) is 2.38. The fraction of sp³-hybridized carbons (Fsp3) is 0.650. The van der Waals surface area contributed by atoms with Crippen molar-refractivity contribution in [2.75, 3.05) is 27.3 Å². The van der Waals surface area contributed by atoms with E-state index in [4.69, 9.17) is 19.1 Å². The van der Waals surface area contributed by atoms with Gasteiger partial charge in [0, 0.05) is 40.9 Å². The van der Waals surface area contributed by atoms with Gasteiger partial charge in [0.2, 0.25) is 0 Å². The molecule has 0 radical (unpaired) electrons. The van der Waals surface area contributed by atoms with Crippen molar-refractivity contribution in [2.45, 2.75) is 46.0 Å². The van der Waals surface area contributed by atoms with Crippen LogP contribution in [0.3, 0.4) is 0 Å². The van der Waals surface area contributed by atoms with Gasteiger partial charge in [0.25, 0.3) is 0 Å². The maximum absolute atomic E-state index is 13.3. The van der Waals surface area contributed by atoms with Crippen LogP contribution >= 0.6 is 0 Å². The third kappa shape index (κ3) is 3.30. The van der Waals surface area contributed by atoms with Crippen LogP contribution in [0.2, 0.25) is 0 Å². The number of benzene rings is 1.